The van der Waals surface area contributed by atoms with Crippen LogP contribution in [0, 0.1) is 5.41 Å². The fourth-order valence-electron chi connectivity index (χ4n) is 1.95. The van der Waals surface area contributed by atoms with Gasteiger partial charge in [-0.2, -0.15) is 0 Å². The molecule has 0 aromatic heterocycles. The molecule has 1 heterocycles. The molecular formula is C11H22N2O3. The van der Waals surface area contributed by atoms with E-state index in [1.54, 1.807) is 7.11 Å². The van der Waals surface area contributed by atoms with Crippen molar-refractivity contribution in [2.24, 2.45) is 5.41 Å². The summed E-state index contributed by atoms with van der Waals surface area (Å²) in [5.41, 5.74) is -0.362. The van der Waals surface area contributed by atoms with E-state index in [9.17, 15) is 4.79 Å². The highest BCUT2D eigenvalue weighted by atomic mass is 16.5. The van der Waals surface area contributed by atoms with Gasteiger partial charge in [-0.15, -0.1) is 0 Å². The Morgan fingerprint density at radius 1 is 1.69 bits per heavy atom. The van der Waals surface area contributed by atoms with Crippen molar-refractivity contribution in [2.45, 2.75) is 25.8 Å². The Balaban J connectivity index is 2.48. The molecule has 5 heteroatoms. The lowest BCUT2D eigenvalue weighted by molar-refractivity contribution is -0.132. The van der Waals surface area contributed by atoms with E-state index in [-0.39, 0.29) is 24.0 Å². The molecule has 0 saturated carbocycles. The number of ether oxygens (including phenoxy) is 1. The topological polar surface area (TPSA) is 70.6 Å². The quantitative estimate of drug-likeness (QED) is 0.595. The van der Waals surface area contributed by atoms with Crippen molar-refractivity contribution < 1.29 is 14.6 Å². The molecule has 3 N–H and O–H groups in total. The summed E-state index contributed by atoms with van der Waals surface area (Å²) in [5, 5.41) is 15.1. The Labute approximate surface area is 96.6 Å². The van der Waals surface area contributed by atoms with Crippen LogP contribution in [0.15, 0.2) is 0 Å². The van der Waals surface area contributed by atoms with Gasteiger partial charge in [0.2, 0.25) is 5.91 Å². The van der Waals surface area contributed by atoms with Gasteiger partial charge in [0.1, 0.15) is 0 Å². The van der Waals surface area contributed by atoms with Gasteiger partial charge in [0.25, 0.3) is 0 Å². The number of carbonyl (C=O) groups is 1. The van der Waals surface area contributed by atoms with E-state index in [0.29, 0.717) is 13.2 Å². The van der Waals surface area contributed by atoms with Crippen molar-refractivity contribution in [3.05, 3.63) is 0 Å². The fourth-order valence-corrected chi connectivity index (χ4v) is 1.95. The third-order valence-corrected chi connectivity index (χ3v) is 3.07. The molecule has 0 aromatic rings. The lowest BCUT2D eigenvalue weighted by Crippen LogP contribution is -2.52. The van der Waals surface area contributed by atoms with Gasteiger partial charge in [-0.05, 0) is 26.3 Å². The van der Waals surface area contributed by atoms with E-state index in [0.717, 1.165) is 19.4 Å². The smallest absolute Gasteiger partial charge is 0.227 e. The van der Waals surface area contributed by atoms with Gasteiger partial charge >= 0.3 is 0 Å². The Bertz CT molecular complexity index is 227. The number of hydrogen-bond acceptors (Lipinski definition) is 4. The van der Waals surface area contributed by atoms with Crippen LogP contribution in [0.2, 0.25) is 0 Å². The molecule has 1 fully saturated rings. The summed E-state index contributed by atoms with van der Waals surface area (Å²) in [4.78, 5) is 12.0. The maximum Gasteiger partial charge on any atom is 0.227 e. The number of hydrogen-bond donors (Lipinski definition) is 3. The maximum atomic E-state index is 12.0. The largest absolute Gasteiger partial charge is 0.394 e. The zero-order chi connectivity index (χ0) is 12.0. The summed E-state index contributed by atoms with van der Waals surface area (Å²) in [6.45, 7) is 3.87. The predicted octanol–water partition coefficient (Wildman–Crippen LogP) is -0.500. The van der Waals surface area contributed by atoms with Crippen LogP contribution in [-0.2, 0) is 9.53 Å². The Morgan fingerprint density at radius 3 is 2.94 bits per heavy atom. The number of methoxy groups -OCH3 is 1. The van der Waals surface area contributed by atoms with Gasteiger partial charge in [-0.3, -0.25) is 4.79 Å². The minimum Gasteiger partial charge on any atom is -0.394 e. The monoisotopic (exact) mass is 230 g/mol. The molecule has 1 saturated heterocycles. The minimum atomic E-state index is -0.362. The molecule has 1 aliphatic rings. The first kappa shape index (κ1) is 13.4. The van der Waals surface area contributed by atoms with E-state index in [2.05, 4.69) is 10.6 Å². The third kappa shape index (κ3) is 3.43. The van der Waals surface area contributed by atoms with Crippen LogP contribution < -0.4 is 10.6 Å². The molecule has 0 spiro atoms. The highest BCUT2D eigenvalue weighted by Gasteiger charge is 2.35. The summed E-state index contributed by atoms with van der Waals surface area (Å²) in [6.07, 6.45) is 1.90. The van der Waals surface area contributed by atoms with E-state index in [4.69, 9.17) is 9.84 Å². The number of aliphatic hydroxyl groups excluding tert-OH is 1. The van der Waals surface area contributed by atoms with E-state index in [1.165, 1.54) is 0 Å². The van der Waals surface area contributed by atoms with Crippen LogP contribution in [-0.4, -0.2) is 50.5 Å². The Kier molecular flexibility index (Phi) is 5.18. The van der Waals surface area contributed by atoms with Gasteiger partial charge in [0.05, 0.1) is 24.7 Å². The van der Waals surface area contributed by atoms with E-state index in [1.807, 2.05) is 6.92 Å². The lowest BCUT2D eigenvalue weighted by Gasteiger charge is -2.33. The molecule has 5 nitrogen and oxygen atoms in total. The van der Waals surface area contributed by atoms with Crippen molar-refractivity contribution in [3.8, 4) is 0 Å². The highest BCUT2D eigenvalue weighted by molar-refractivity contribution is 5.82. The Hall–Kier alpha value is -0.650. The minimum absolute atomic E-state index is 0.00389. The molecule has 2 unspecified atom stereocenters. The molecule has 0 radical (unpaired) electrons. The molecule has 16 heavy (non-hydrogen) atoms. The fraction of sp³-hybridized carbons (Fsp3) is 0.909. The summed E-state index contributed by atoms with van der Waals surface area (Å²) >= 11 is 0. The number of rotatable bonds is 5. The summed E-state index contributed by atoms with van der Waals surface area (Å²) in [7, 11) is 1.55. The van der Waals surface area contributed by atoms with Crippen LogP contribution in [0.4, 0.5) is 0 Å². The van der Waals surface area contributed by atoms with Gasteiger partial charge in [-0.25, -0.2) is 0 Å². The summed E-state index contributed by atoms with van der Waals surface area (Å²) < 4.78 is 4.93. The lowest BCUT2D eigenvalue weighted by atomic mass is 9.82. The van der Waals surface area contributed by atoms with Gasteiger partial charge in [0.15, 0.2) is 0 Å². The molecule has 0 aromatic carbocycles. The molecule has 0 bridgehead atoms. The van der Waals surface area contributed by atoms with E-state index >= 15 is 0 Å². The zero-order valence-electron chi connectivity index (χ0n) is 10.1. The summed E-state index contributed by atoms with van der Waals surface area (Å²) in [6, 6.07) is -0.309. The van der Waals surface area contributed by atoms with E-state index < -0.39 is 0 Å². The molecule has 1 rings (SSSR count). The third-order valence-electron chi connectivity index (χ3n) is 3.07. The molecule has 0 aliphatic carbocycles. The molecule has 1 aliphatic heterocycles. The molecule has 2 atom stereocenters. The van der Waals surface area contributed by atoms with Crippen LogP contribution >= 0.6 is 0 Å². The molecule has 1 amide bonds. The van der Waals surface area contributed by atoms with Crippen LogP contribution in [0.5, 0.6) is 0 Å². The number of aliphatic hydroxyl groups is 1. The second kappa shape index (κ2) is 6.18. The first-order chi connectivity index (χ1) is 7.62. The van der Waals surface area contributed by atoms with Crippen LogP contribution in [0.3, 0.4) is 0 Å². The van der Waals surface area contributed by atoms with Crippen molar-refractivity contribution in [3.63, 3.8) is 0 Å². The van der Waals surface area contributed by atoms with Crippen molar-refractivity contribution in [1.29, 1.82) is 0 Å². The second-order valence-electron chi connectivity index (χ2n) is 4.65. The maximum absolute atomic E-state index is 12.0. The standard InChI is InChI=1S/C11H22N2O3/c1-11(4-3-5-12-8-11)10(15)13-9(6-14)7-16-2/h9,12,14H,3-8H2,1-2H3,(H,13,15). The van der Waals surface area contributed by atoms with Crippen molar-refractivity contribution in [1.82, 2.24) is 10.6 Å². The number of amides is 1. The first-order valence-corrected chi connectivity index (χ1v) is 5.74. The van der Waals surface area contributed by atoms with Crippen LogP contribution in [0.25, 0.3) is 0 Å². The number of carbonyl (C=O) groups excluding carboxylic acids is 1. The van der Waals surface area contributed by atoms with Gasteiger partial charge in [0, 0.05) is 13.7 Å². The summed E-state index contributed by atoms with van der Waals surface area (Å²) in [5.74, 6) is -0.00389. The second-order valence-corrected chi connectivity index (χ2v) is 4.65. The predicted molar refractivity (Wildman–Crippen MR) is 61.1 cm³/mol. The highest BCUT2D eigenvalue weighted by Crippen LogP contribution is 2.25. The van der Waals surface area contributed by atoms with Crippen molar-refractivity contribution in [2.75, 3.05) is 33.4 Å². The average molecular weight is 230 g/mol. The SMILES string of the molecule is COCC(CO)NC(=O)C1(C)CCCNC1. The van der Waals surface area contributed by atoms with Gasteiger partial charge in [-0.1, -0.05) is 0 Å². The first-order valence-electron chi connectivity index (χ1n) is 5.74. The van der Waals surface area contributed by atoms with Crippen LogP contribution in [0.1, 0.15) is 19.8 Å². The van der Waals surface area contributed by atoms with Crippen molar-refractivity contribution >= 4 is 5.91 Å². The number of nitrogens with one attached hydrogen (secondary N) is 2. The zero-order valence-corrected chi connectivity index (χ0v) is 10.1. The Morgan fingerprint density at radius 2 is 2.44 bits per heavy atom. The average Bonchev–Trinajstić information content (AvgIpc) is 2.29. The molecule has 94 valence electrons. The molecular weight excluding hydrogens is 208 g/mol. The normalized spacial score (nSPS) is 27.4. The number of piperidine rings is 1. The van der Waals surface area contributed by atoms with Gasteiger partial charge < -0.3 is 20.5 Å².